The summed E-state index contributed by atoms with van der Waals surface area (Å²) in [6.45, 7) is 7.15. The van der Waals surface area contributed by atoms with E-state index in [2.05, 4.69) is 19.2 Å². The van der Waals surface area contributed by atoms with Crippen LogP contribution in [0.4, 0.5) is 13.2 Å². The highest BCUT2D eigenvalue weighted by molar-refractivity contribution is 5.36. The van der Waals surface area contributed by atoms with E-state index >= 15 is 0 Å². The lowest BCUT2D eigenvalue weighted by molar-refractivity contribution is -0.125. The predicted molar refractivity (Wildman–Crippen MR) is 74.3 cm³/mol. The van der Waals surface area contributed by atoms with Crippen molar-refractivity contribution >= 4 is 0 Å². The maximum absolute atomic E-state index is 12.0. The average molecular weight is 289 g/mol. The molecule has 1 aromatic carbocycles. The summed E-state index contributed by atoms with van der Waals surface area (Å²) in [6, 6.07) is 5.80. The second-order valence-corrected chi connectivity index (χ2v) is 5.35. The molecule has 0 spiro atoms. The van der Waals surface area contributed by atoms with E-state index in [0.29, 0.717) is 11.7 Å². The molecule has 20 heavy (non-hydrogen) atoms. The van der Waals surface area contributed by atoms with Gasteiger partial charge < -0.3 is 10.1 Å². The Morgan fingerprint density at radius 2 is 1.85 bits per heavy atom. The molecule has 0 saturated carbocycles. The minimum atomic E-state index is -4.19. The van der Waals surface area contributed by atoms with Gasteiger partial charge in [0.1, 0.15) is 11.9 Å². The van der Waals surface area contributed by atoms with Gasteiger partial charge in [0.2, 0.25) is 0 Å². The van der Waals surface area contributed by atoms with Gasteiger partial charge in [-0.25, -0.2) is 0 Å². The minimum Gasteiger partial charge on any atom is -0.489 e. The van der Waals surface area contributed by atoms with Gasteiger partial charge in [0.05, 0.1) is 6.54 Å². The van der Waals surface area contributed by atoms with Crippen molar-refractivity contribution in [2.45, 2.75) is 45.9 Å². The molecule has 0 aliphatic heterocycles. The predicted octanol–water partition coefficient (Wildman–Crippen LogP) is 4.04. The zero-order valence-electron chi connectivity index (χ0n) is 12.3. The summed E-state index contributed by atoms with van der Waals surface area (Å²) in [4.78, 5) is 0. The summed E-state index contributed by atoms with van der Waals surface area (Å²) in [5, 5.41) is 2.34. The molecule has 0 amide bonds. The first-order valence-electron chi connectivity index (χ1n) is 6.73. The summed E-state index contributed by atoms with van der Waals surface area (Å²) in [6.07, 6.45) is -4.50. The standard InChI is InChI=1S/C15H22F3NO/c1-10(2)14-6-5-13(7-11(14)3)20-12(4)8-19-9-15(16,17)18/h5-7,10,12,19H,8-9H2,1-4H3. The quantitative estimate of drug-likeness (QED) is 0.853. The van der Waals surface area contributed by atoms with Crippen LogP contribution in [-0.4, -0.2) is 25.4 Å². The Morgan fingerprint density at radius 3 is 2.35 bits per heavy atom. The Morgan fingerprint density at radius 1 is 1.20 bits per heavy atom. The Balaban J connectivity index is 2.50. The lowest BCUT2D eigenvalue weighted by Crippen LogP contribution is -2.35. The van der Waals surface area contributed by atoms with Crippen LogP contribution in [0, 0.1) is 6.92 Å². The van der Waals surface area contributed by atoms with Gasteiger partial charge in [0.15, 0.2) is 0 Å². The maximum atomic E-state index is 12.0. The Kier molecular flexibility index (Phi) is 5.87. The number of aryl methyl sites for hydroxylation is 1. The van der Waals surface area contributed by atoms with Crippen LogP contribution in [0.5, 0.6) is 5.75 Å². The highest BCUT2D eigenvalue weighted by atomic mass is 19.4. The fourth-order valence-corrected chi connectivity index (χ4v) is 2.06. The van der Waals surface area contributed by atoms with Gasteiger partial charge in [-0.1, -0.05) is 19.9 Å². The molecule has 1 unspecified atom stereocenters. The molecule has 0 fully saturated rings. The third-order valence-corrected chi connectivity index (χ3v) is 2.96. The molecule has 114 valence electrons. The molecule has 5 heteroatoms. The fourth-order valence-electron chi connectivity index (χ4n) is 2.06. The van der Waals surface area contributed by atoms with Crippen LogP contribution in [0.25, 0.3) is 0 Å². The summed E-state index contributed by atoms with van der Waals surface area (Å²) >= 11 is 0. The first-order chi connectivity index (χ1) is 9.19. The molecule has 2 nitrogen and oxygen atoms in total. The van der Waals surface area contributed by atoms with E-state index in [1.165, 1.54) is 5.56 Å². The second-order valence-electron chi connectivity index (χ2n) is 5.35. The van der Waals surface area contributed by atoms with E-state index in [4.69, 9.17) is 4.74 Å². The highest BCUT2D eigenvalue weighted by Gasteiger charge is 2.26. The number of ether oxygens (including phenoxy) is 1. The lowest BCUT2D eigenvalue weighted by Gasteiger charge is -2.18. The van der Waals surface area contributed by atoms with Crippen molar-refractivity contribution in [1.82, 2.24) is 5.32 Å². The van der Waals surface area contributed by atoms with Crippen LogP contribution in [-0.2, 0) is 0 Å². The third kappa shape index (κ3) is 5.82. The van der Waals surface area contributed by atoms with Crippen LogP contribution in [0.1, 0.15) is 37.8 Å². The van der Waals surface area contributed by atoms with Gasteiger partial charge in [-0.3, -0.25) is 0 Å². The van der Waals surface area contributed by atoms with Crippen LogP contribution < -0.4 is 10.1 Å². The van der Waals surface area contributed by atoms with Crippen molar-refractivity contribution in [3.8, 4) is 5.75 Å². The molecular weight excluding hydrogens is 267 g/mol. The number of hydrogen-bond donors (Lipinski definition) is 1. The zero-order valence-corrected chi connectivity index (χ0v) is 12.3. The summed E-state index contributed by atoms with van der Waals surface area (Å²) < 4.78 is 41.6. The maximum Gasteiger partial charge on any atom is 0.401 e. The lowest BCUT2D eigenvalue weighted by atomic mass is 9.98. The molecule has 0 bridgehead atoms. The molecular formula is C15H22F3NO. The van der Waals surface area contributed by atoms with E-state index in [1.54, 1.807) is 6.92 Å². The van der Waals surface area contributed by atoms with Crippen LogP contribution in [0.2, 0.25) is 0 Å². The van der Waals surface area contributed by atoms with Crippen LogP contribution in [0.3, 0.4) is 0 Å². The normalized spacial score (nSPS) is 13.6. The smallest absolute Gasteiger partial charge is 0.401 e. The van der Waals surface area contributed by atoms with Crippen LogP contribution >= 0.6 is 0 Å². The Labute approximate surface area is 118 Å². The van der Waals surface area contributed by atoms with E-state index in [-0.39, 0.29) is 12.6 Å². The number of benzene rings is 1. The van der Waals surface area contributed by atoms with Crippen molar-refractivity contribution in [2.24, 2.45) is 0 Å². The molecule has 1 aromatic rings. The zero-order chi connectivity index (χ0) is 15.3. The van der Waals surface area contributed by atoms with Gasteiger partial charge in [0, 0.05) is 6.54 Å². The highest BCUT2D eigenvalue weighted by Crippen LogP contribution is 2.24. The van der Waals surface area contributed by atoms with Gasteiger partial charge in [-0.2, -0.15) is 13.2 Å². The average Bonchev–Trinajstić information content (AvgIpc) is 2.26. The molecule has 0 aromatic heterocycles. The van der Waals surface area contributed by atoms with E-state index in [9.17, 15) is 13.2 Å². The van der Waals surface area contributed by atoms with Crippen molar-refractivity contribution in [3.63, 3.8) is 0 Å². The Hall–Kier alpha value is -1.23. The van der Waals surface area contributed by atoms with Gasteiger partial charge in [-0.05, 0) is 43.0 Å². The van der Waals surface area contributed by atoms with E-state index < -0.39 is 12.7 Å². The van der Waals surface area contributed by atoms with Crippen molar-refractivity contribution < 1.29 is 17.9 Å². The van der Waals surface area contributed by atoms with Crippen molar-refractivity contribution in [3.05, 3.63) is 29.3 Å². The third-order valence-electron chi connectivity index (χ3n) is 2.96. The van der Waals surface area contributed by atoms with Gasteiger partial charge >= 0.3 is 6.18 Å². The molecule has 1 N–H and O–H groups in total. The molecule has 0 aliphatic carbocycles. The monoisotopic (exact) mass is 289 g/mol. The van der Waals surface area contributed by atoms with Gasteiger partial charge in [-0.15, -0.1) is 0 Å². The molecule has 0 saturated heterocycles. The summed E-state index contributed by atoms with van der Waals surface area (Å²) in [5.41, 5.74) is 2.38. The largest absolute Gasteiger partial charge is 0.489 e. The number of halogens is 3. The number of hydrogen-bond acceptors (Lipinski definition) is 2. The first kappa shape index (κ1) is 16.8. The fraction of sp³-hybridized carbons (Fsp3) is 0.600. The van der Waals surface area contributed by atoms with E-state index in [0.717, 1.165) is 5.56 Å². The van der Waals surface area contributed by atoms with Crippen LogP contribution in [0.15, 0.2) is 18.2 Å². The number of alkyl halides is 3. The molecule has 0 aliphatic rings. The first-order valence-corrected chi connectivity index (χ1v) is 6.73. The summed E-state index contributed by atoms with van der Waals surface area (Å²) in [5.74, 6) is 1.13. The SMILES string of the molecule is Cc1cc(OC(C)CNCC(F)(F)F)ccc1C(C)C. The molecule has 1 atom stereocenters. The minimum absolute atomic E-state index is 0.157. The number of rotatable bonds is 6. The topological polar surface area (TPSA) is 21.3 Å². The molecule has 0 heterocycles. The van der Waals surface area contributed by atoms with E-state index in [1.807, 2.05) is 25.1 Å². The summed E-state index contributed by atoms with van der Waals surface area (Å²) in [7, 11) is 0. The second kappa shape index (κ2) is 6.97. The van der Waals surface area contributed by atoms with Crippen molar-refractivity contribution in [2.75, 3.05) is 13.1 Å². The Bertz CT molecular complexity index is 430. The number of nitrogens with one attached hydrogen (secondary N) is 1. The van der Waals surface area contributed by atoms with Crippen molar-refractivity contribution in [1.29, 1.82) is 0 Å². The molecule has 1 rings (SSSR count). The van der Waals surface area contributed by atoms with Gasteiger partial charge in [0.25, 0.3) is 0 Å². The molecule has 0 radical (unpaired) electrons.